The molecule has 4 heteroatoms. The van der Waals surface area contributed by atoms with E-state index in [1.165, 1.54) is 0 Å². The molecule has 0 bridgehead atoms. The fourth-order valence-corrected chi connectivity index (χ4v) is 3.23. The molecule has 0 atom stereocenters. The van der Waals surface area contributed by atoms with Crippen LogP contribution in [0.25, 0.3) is 17.2 Å². The van der Waals surface area contributed by atoms with Gasteiger partial charge in [-0.15, -0.1) is 0 Å². The van der Waals surface area contributed by atoms with Gasteiger partial charge in [0.05, 0.1) is 5.56 Å². The third kappa shape index (κ3) is 3.69. The predicted molar refractivity (Wildman–Crippen MR) is 112 cm³/mol. The van der Waals surface area contributed by atoms with E-state index in [9.17, 15) is 9.59 Å². The molecule has 0 spiro atoms. The number of fused-ring (bicyclic) bond motifs is 1. The van der Waals surface area contributed by atoms with E-state index in [4.69, 9.17) is 9.47 Å². The Morgan fingerprint density at radius 2 is 1.66 bits per heavy atom. The monoisotopic (exact) mass is 384 g/mol. The summed E-state index contributed by atoms with van der Waals surface area (Å²) < 4.78 is 11.2. The summed E-state index contributed by atoms with van der Waals surface area (Å²) in [4.78, 5) is 24.3. The van der Waals surface area contributed by atoms with Crippen molar-refractivity contribution in [2.75, 3.05) is 0 Å². The van der Waals surface area contributed by atoms with Crippen molar-refractivity contribution >= 4 is 17.8 Å². The van der Waals surface area contributed by atoms with E-state index in [2.05, 4.69) is 12.1 Å². The summed E-state index contributed by atoms with van der Waals surface area (Å²) in [5.74, 6) is 0.616. The zero-order valence-electron chi connectivity index (χ0n) is 16.3. The fraction of sp³-hybridized carbons (Fsp3) is 0.120. The average Bonchev–Trinajstić information content (AvgIpc) is 3.07. The van der Waals surface area contributed by atoms with Gasteiger partial charge in [0.2, 0.25) is 5.78 Å². The molecule has 4 rings (SSSR count). The minimum Gasteiger partial charge on any atom is -0.452 e. The molecule has 0 aromatic heterocycles. The predicted octanol–water partition coefficient (Wildman–Crippen LogP) is 5.59. The molecule has 0 amide bonds. The van der Waals surface area contributed by atoms with Crippen molar-refractivity contribution in [3.05, 3.63) is 89.2 Å². The van der Waals surface area contributed by atoms with Crippen LogP contribution in [0.5, 0.6) is 11.5 Å². The second-order valence-electron chi connectivity index (χ2n) is 6.82. The van der Waals surface area contributed by atoms with Crippen LogP contribution in [0.4, 0.5) is 0 Å². The van der Waals surface area contributed by atoms with Crippen molar-refractivity contribution in [1.29, 1.82) is 0 Å². The quantitative estimate of drug-likeness (QED) is 0.334. The summed E-state index contributed by atoms with van der Waals surface area (Å²) >= 11 is 0. The fourth-order valence-electron chi connectivity index (χ4n) is 3.23. The van der Waals surface area contributed by atoms with E-state index in [1.54, 1.807) is 32.1 Å². The molecule has 4 nitrogen and oxygen atoms in total. The molecule has 0 N–H and O–H groups in total. The Bertz CT molecular complexity index is 1110. The molecule has 1 aliphatic rings. The molecule has 0 unspecified atom stereocenters. The van der Waals surface area contributed by atoms with E-state index in [1.807, 2.05) is 42.5 Å². The average molecular weight is 384 g/mol. The number of hydrogen-bond donors (Lipinski definition) is 0. The maximum atomic E-state index is 12.7. The Hall–Kier alpha value is -3.66. The van der Waals surface area contributed by atoms with Crippen molar-refractivity contribution in [2.45, 2.75) is 20.3 Å². The smallest absolute Gasteiger partial charge is 0.310 e. The lowest BCUT2D eigenvalue weighted by Gasteiger charge is -2.09. The third-order valence-corrected chi connectivity index (χ3v) is 4.86. The molecule has 0 aliphatic carbocycles. The zero-order chi connectivity index (χ0) is 20.4. The first-order valence-electron chi connectivity index (χ1n) is 9.51. The Balaban J connectivity index is 1.59. The molecule has 1 aliphatic heterocycles. The second-order valence-corrected chi connectivity index (χ2v) is 6.82. The molecular weight excluding hydrogens is 364 g/mol. The summed E-state index contributed by atoms with van der Waals surface area (Å²) in [6, 6.07) is 21.3. The van der Waals surface area contributed by atoms with Gasteiger partial charge >= 0.3 is 5.97 Å². The molecule has 0 saturated carbocycles. The van der Waals surface area contributed by atoms with Crippen molar-refractivity contribution in [2.24, 2.45) is 0 Å². The number of hydrogen-bond acceptors (Lipinski definition) is 4. The molecule has 0 saturated heterocycles. The van der Waals surface area contributed by atoms with Gasteiger partial charge in [-0.05, 0) is 41.8 Å². The van der Waals surface area contributed by atoms with Crippen LogP contribution in [0.2, 0.25) is 0 Å². The number of rotatable bonds is 4. The van der Waals surface area contributed by atoms with E-state index in [0.717, 1.165) is 16.7 Å². The summed E-state index contributed by atoms with van der Waals surface area (Å²) in [6.45, 7) is 3.51. The Labute approximate surface area is 169 Å². The van der Waals surface area contributed by atoms with Crippen LogP contribution in [-0.4, -0.2) is 11.8 Å². The number of Topliss-reactive ketones (excluding diaryl/α,β-unsaturated/α-hetero) is 1. The van der Waals surface area contributed by atoms with Crippen LogP contribution in [0.3, 0.4) is 0 Å². The Morgan fingerprint density at radius 3 is 2.34 bits per heavy atom. The number of ether oxygens (including phenoxy) is 2. The first-order valence-corrected chi connectivity index (χ1v) is 9.51. The first kappa shape index (κ1) is 18.7. The molecule has 0 radical (unpaired) electrons. The lowest BCUT2D eigenvalue weighted by Crippen LogP contribution is -2.06. The minimum absolute atomic E-state index is 0.177. The lowest BCUT2D eigenvalue weighted by molar-refractivity contribution is -0.134. The maximum absolute atomic E-state index is 12.7. The van der Waals surface area contributed by atoms with Gasteiger partial charge in [-0.1, -0.05) is 61.5 Å². The van der Waals surface area contributed by atoms with Crippen LogP contribution in [0.1, 0.15) is 34.8 Å². The maximum Gasteiger partial charge on any atom is 0.310 e. The van der Waals surface area contributed by atoms with Crippen molar-refractivity contribution in [1.82, 2.24) is 0 Å². The van der Waals surface area contributed by atoms with Crippen molar-refractivity contribution < 1.29 is 19.1 Å². The minimum atomic E-state index is -0.327. The van der Waals surface area contributed by atoms with E-state index in [0.29, 0.717) is 22.6 Å². The molecule has 144 valence electrons. The Morgan fingerprint density at radius 1 is 0.966 bits per heavy atom. The molecule has 29 heavy (non-hydrogen) atoms. The highest BCUT2D eigenvalue weighted by molar-refractivity contribution is 6.15. The van der Waals surface area contributed by atoms with Crippen molar-refractivity contribution in [3.63, 3.8) is 0 Å². The molecule has 1 heterocycles. The number of ketones is 1. The largest absolute Gasteiger partial charge is 0.452 e. The topological polar surface area (TPSA) is 52.6 Å². The highest BCUT2D eigenvalue weighted by Crippen LogP contribution is 2.39. The third-order valence-electron chi connectivity index (χ3n) is 4.86. The van der Waals surface area contributed by atoms with Crippen LogP contribution < -0.4 is 9.47 Å². The van der Waals surface area contributed by atoms with Gasteiger partial charge in [0, 0.05) is 12.0 Å². The molecule has 3 aromatic rings. The van der Waals surface area contributed by atoms with E-state index >= 15 is 0 Å². The summed E-state index contributed by atoms with van der Waals surface area (Å²) in [5, 5.41) is 0. The Kier molecular flexibility index (Phi) is 5.00. The summed E-state index contributed by atoms with van der Waals surface area (Å²) in [7, 11) is 0. The number of benzene rings is 3. The van der Waals surface area contributed by atoms with Gasteiger partial charge in [0.25, 0.3) is 0 Å². The normalized spacial score (nSPS) is 13.9. The SMILES string of the molecule is CCC(=O)Oc1ccc2c(c1C)O/C(=C\c1ccc(-c3ccccc3)cc1)C2=O. The van der Waals surface area contributed by atoms with Crippen LogP contribution >= 0.6 is 0 Å². The van der Waals surface area contributed by atoms with Gasteiger partial charge in [0.1, 0.15) is 11.5 Å². The zero-order valence-corrected chi connectivity index (χ0v) is 16.3. The number of carbonyl (C=O) groups excluding carboxylic acids is 2. The first-order chi connectivity index (χ1) is 14.1. The van der Waals surface area contributed by atoms with Crippen LogP contribution in [-0.2, 0) is 4.79 Å². The van der Waals surface area contributed by atoms with Crippen molar-refractivity contribution in [3.8, 4) is 22.6 Å². The van der Waals surface area contributed by atoms with Gasteiger partial charge < -0.3 is 9.47 Å². The molecular formula is C25H20O4. The number of allylic oxidation sites excluding steroid dienone is 1. The molecule has 0 fully saturated rings. The summed E-state index contributed by atoms with van der Waals surface area (Å²) in [5.41, 5.74) is 4.23. The molecule has 3 aromatic carbocycles. The highest BCUT2D eigenvalue weighted by Gasteiger charge is 2.30. The second kappa shape index (κ2) is 7.76. The van der Waals surface area contributed by atoms with E-state index in [-0.39, 0.29) is 23.9 Å². The van der Waals surface area contributed by atoms with E-state index < -0.39 is 0 Å². The van der Waals surface area contributed by atoms with Gasteiger partial charge in [0.15, 0.2) is 5.76 Å². The van der Waals surface area contributed by atoms with Crippen LogP contribution in [0, 0.1) is 6.92 Å². The summed E-state index contributed by atoms with van der Waals surface area (Å²) in [6.07, 6.45) is 2.01. The number of esters is 1. The lowest BCUT2D eigenvalue weighted by atomic mass is 10.0. The van der Waals surface area contributed by atoms with Gasteiger partial charge in [-0.25, -0.2) is 0 Å². The van der Waals surface area contributed by atoms with Crippen LogP contribution in [0.15, 0.2) is 72.5 Å². The highest BCUT2D eigenvalue weighted by atomic mass is 16.5. The van der Waals surface area contributed by atoms with Gasteiger partial charge in [-0.2, -0.15) is 0 Å². The standard InChI is InChI=1S/C25H20O4/c1-3-23(26)28-21-14-13-20-24(27)22(29-25(20)16(21)2)15-17-9-11-19(12-10-17)18-7-5-4-6-8-18/h4-15H,3H2,1-2H3/b22-15-. The number of carbonyl (C=O) groups is 2. The van der Waals surface area contributed by atoms with Gasteiger partial charge in [-0.3, -0.25) is 9.59 Å².